The maximum absolute atomic E-state index is 13.6. The highest BCUT2D eigenvalue weighted by Crippen LogP contribution is 2.33. The summed E-state index contributed by atoms with van der Waals surface area (Å²) >= 11 is 0. The van der Waals surface area contributed by atoms with Gasteiger partial charge in [-0.2, -0.15) is 0 Å². The molecule has 0 aliphatic rings. The number of carbonyl (C=O) groups is 2. The van der Waals surface area contributed by atoms with Crippen LogP contribution in [0.4, 0.5) is 11.5 Å². The number of carbonyl (C=O) groups excluding carboxylic acids is 1. The van der Waals surface area contributed by atoms with Crippen molar-refractivity contribution in [2.75, 3.05) is 12.4 Å². The van der Waals surface area contributed by atoms with Gasteiger partial charge in [0.2, 0.25) is 0 Å². The predicted octanol–water partition coefficient (Wildman–Crippen LogP) is 5.48. The molecule has 3 N–H and O–H groups in total. The average Bonchev–Trinajstić information content (AvgIpc) is 3.38. The zero-order valence-corrected chi connectivity index (χ0v) is 22.6. The summed E-state index contributed by atoms with van der Waals surface area (Å²) in [5, 5.41) is 27.0. The molecule has 42 heavy (non-hydrogen) atoms. The number of anilines is 1. The first-order valence-electron chi connectivity index (χ1n) is 13.0. The molecule has 0 bridgehead atoms. The van der Waals surface area contributed by atoms with E-state index in [1.165, 1.54) is 18.2 Å². The Hall–Kier alpha value is -5.71. The summed E-state index contributed by atoms with van der Waals surface area (Å²) in [4.78, 5) is 40.9. The van der Waals surface area contributed by atoms with Gasteiger partial charge in [0.05, 0.1) is 30.1 Å². The Balaban J connectivity index is 1.56. The van der Waals surface area contributed by atoms with Crippen LogP contribution in [-0.4, -0.2) is 38.4 Å². The van der Waals surface area contributed by atoms with Gasteiger partial charge in [0.15, 0.2) is 5.65 Å². The molecule has 1 atom stereocenters. The van der Waals surface area contributed by atoms with Crippen molar-refractivity contribution in [1.82, 2.24) is 14.7 Å². The second kappa shape index (κ2) is 12.2. The Morgan fingerprint density at radius 1 is 1.02 bits per heavy atom. The highest BCUT2D eigenvalue weighted by Gasteiger charge is 2.24. The van der Waals surface area contributed by atoms with Crippen LogP contribution in [0.2, 0.25) is 0 Å². The van der Waals surface area contributed by atoms with E-state index in [0.29, 0.717) is 35.0 Å². The molecule has 3 aromatic carbocycles. The number of hydrogen-bond acceptors (Lipinski definition) is 7. The van der Waals surface area contributed by atoms with Crippen LogP contribution < -0.4 is 15.4 Å². The number of amides is 1. The molecule has 2 aromatic heterocycles. The fourth-order valence-electron chi connectivity index (χ4n) is 4.69. The first-order chi connectivity index (χ1) is 20.3. The van der Waals surface area contributed by atoms with E-state index >= 15 is 0 Å². The number of nitrogens with one attached hydrogen (secondary N) is 2. The number of nitro groups is 1. The smallest absolute Gasteiger partial charge is 0.305 e. The SMILES string of the molecule is COc1cccc(-c2nc3c(C(=O)NC(CC(=O)O)c4cccc([N+](=O)[O-])c4)cccn3c2NCc2ccccc2)c1. The Labute approximate surface area is 240 Å². The van der Waals surface area contributed by atoms with E-state index in [1.807, 2.05) is 54.6 Å². The van der Waals surface area contributed by atoms with Crippen molar-refractivity contribution >= 4 is 29.0 Å². The molecular weight excluding hydrogens is 538 g/mol. The van der Waals surface area contributed by atoms with Crippen molar-refractivity contribution in [1.29, 1.82) is 0 Å². The van der Waals surface area contributed by atoms with Gasteiger partial charge < -0.3 is 20.5 Å². The molecule has 0 saturated carbocycles. The summed E-state index contributed by atoms with van der Waals surface area (Å²) in [6, 6.07) is 25.1. The molecule has 5 aromatic rings. The number of ether oxygens (including phenoxy) is 1. The standard InChI is InChI=1S/C31H27N5O6/c1-42-24-13-6-11-22(17-24)28-30(32-19-20-8-3-2-4-9-20)35-15-7-14-25(29(35)34-28)31(39)33-26(18-27(37)38)21-10-5-12-23(16-21)36(40)41/h2-17,26,32H,18-19H2,1H3,(H,33,39)(H,37,38). The molecule has 2 heterocycles. The van der Waals surface area contributed by atoms with Gasteiger partial charge in [-0.15, -0.1) is 0 Å². The Kier molecular flexibility index (Phi) is 8.10. The van der Waals surface area contributed by atoms with Gasteiger partial charge in [0, 0.05) is 30.4 Å². The fraction of sp³-hybridized carbons (Fsp3) is 0.129. The molecule has 1 unspecified atom stereocenters. The van der Waals surface area contributed by atoms with Crippen molar-refractivity contribution in [3.05, 3.63) is 124 Å². The minimum atomic E-state index is -1.17. The van der Waals surface area contributed by atoms with E-state index < -0.39 is 29.3 Å². The number of rotatable bonds is 11. The molecule has 11 nitrogen and oxygen atoms in total. The lowest BCUT2D eigenvalue weighted by atomic mass is 10.0. The summed E-state index contributed by atoms with van der Waals surface area (Å²) in [7, 11) is 1.58. The number of carboxylic acids is 1. The number of nitro benzene ring substituents is 1. The minimum absolute atomic E-state index is 0.204. The number of aliphatic carboxylic acids is 1. The molecular formula is C31H27N5O6. The fourth-order valence-corrected chi connectivity index (χ4v) is 4.69. The monoisotopic (exact) mass is 565 g/mol. The van der Waals surface area contributed by atoms with Crippen LogP contribution >= 0.6 is 0 Å². The van der Waals surface area contributed by atoms with Gasteiger partial charge in [-0.1, -0.05) is 54.6 Å². The summed E-state index contributed by atoms with van der Waals surface area (Å²) in [5.41, 5.74) is 3.05. The normalized spacial score (nSPS) is 11.5. The average molecular weight is 566 g/mol. The molecule has 0 fully saturated rings. The van der Waals surface area contributed by atoms with E-state index in [-0.39, 0.29) is 11.3 Å². The number of nitrogens with zero attached hydrogens (tertiary/aromatic N) is 3. The lowest BCUT2D eigenvalue weighted by Crippen LogP contribution is -2.30. The molecule has 0 aliphatic heterocycles. The van der Waals surface area contributed by atoms with Crippen molar-refractivity contribution in [2.45, 2.75) is 19.0 Å². The molecule has 0 saturated heterocycles. The number of non-ortho nitro benzene ring substituents is 1. The number of pyridine rings is 1. The van der Waals surface area contributed by atoms with Crippen LogP contribution in [0.1, 0.15) is 33.9 Å². The number of carboxylic acid groups (broad SMARTS) is 1. The third-order valence-corrected chi connectivity index (χ3v) is 6.71. The molecule has 0 radical (unpaired) electrons. The Bertz CT molecular complexity index is 1770. The number of fused-ring (bicyclic) bond motifs is 1. The van der Waals surface area contributed by atoms with Crippen molar-refractivity contribution < 1.29 is 24.4 Å². The number of benzene rings is 3. The zero-order valence-electron chi connectivity index (χ0n) is 22.6. The third-order valence-electron chi connectivity index (χ3n) is 6.71. The second-order valence-corrected chi connectivity index (χ2v) is 9.47. The van der Waals surface area contributed by atoms with E-state index in [4.69, 9.17) is 9.72 Å². The van der Waals surface area contributed by atoms with Crippen LogP contribution in [0, 0.1) is 10.1 Å². The van der Waals surface area contributed by atoms with Gasteiger partial charge in [0.25, 0.3) is 11.6 Å². The van der Waals surface area contributed by atoms with E-state index in [1.54, 1.807) is 35.9 Å². The molecule has 1 amide bonds. The largest absolute Gasteiger partial charge is 0.497 e. The first kappa shape index (κ1) is 27.8. The number of hydrogen-bond donors (Lipinski definition) is 3. The first-order valence-corrected chi connectivity index (χ1v) is 13.0. The predicted molar refractivity (Wildman–Crippen MR) is 157 cm³/mol. The minimum Gasteiger partial charge on any atom is -0.497 e. The lowest BCUT2D eigenvalue weighted by molar-refractivity contribution is -0.384. The topological polar surface area (TPSA) is 148 Å². The Morgan fingerprint density at radius 3 is 2.55 bits per heavy atom. The van der Waals surface area contributed by atoms with Gasteiger partial charge in [-0.25, -0.2) is 4.98 Å². The number of aromatic nitrogens is 2. The summed E-state index contributed by atoms with van der Waals surface area (Å²) in [6.07, 6.45) is 1.31. The second-order valence-electron chi connectivity index (χ2n) is 9.47. The molecule has 212 valence electrons. The zero-order chi connectivity index (χ0) is 29.6. The third kappa shape index (κ3) is 6.04. The van der Waals surface area contributed by atoms with Crippen LogP contribution in [0.15, 0.2) is 97.2 Å². The van der Waals surface area contributed by atoms with E-state index in [0.717, 1.165) is 11.1 Å². The van der Waals surface area contributed by atoms with Crippen LogP contribution in [0.3, 0.4) is 0 Å². The van der Waals surface area contributed by atoms with Gasteiger partial charge in [-0.05, 0) is 35.4 Å². The Morgan fingerprint density at radius 2 is 1.81 bits per heavy atom. The van der Waals surface area contributed by atoms with Crippen molar-refractivity contribution in [3.63, 3.8) is 0 Å². The lowest BCUT2D eigenvalue weighted by Gasteiger charge is -2.18. The quantitative estimate of drug-likeness (QED) is 0.141. The van der Waals surface area contributed by atoms with Crippen LogP contribution in [0.25, 0.3) is 16.9 Å². The summed E-state index contributed by atoms with van der Waals surface area (Å²) in [6.45, 7) is 0.496. The van der Waals surface area contributed by atoms with Crippen molar-refractivity contribution in [3.8, 4) is 17.0 Å². The highest BCUT2D eigenvalue weighted by molar-refractivity contribution is 6.01. The molecule has 11 heteroatoms. The maximum atomic E-state index is 13.6. The number of imidazole rings is 1. The van der Waals surface area contributed by atoms with Gasteiger partial charge in [0.1, 0.15) is 17.3 Å². The number of methoxy groups -OCH3 is 1. The van der Waals surface area contributed by atoms with Gasteiger partial charge in [-0.3, -0.25) is 24.1 Å². The van der Waals surface area contributed by atoms with Gasteiger partial charge >= 0.3 is 5.97 Å². The van der Waals surface area contributed by atoms with Crippen LogP contribution in [-0.2, 0) is 11.3 Å². The van der Waals surface area contributed by atoms with Crippen molar-refractivity contribution in [2.24, 2.45) is 0 Å². The highest BCUT2D eigenvalue weighted by atomic mass is 16.6. The van der Waals surface area contributed by atoms with Crippen LogP contribution in [0.5, 0.6) is 5.75 Å². The molecule has 0 spiro atoms. The maximum Gasteiger partial charge on any atom is 0.305 e. The molecule has 5 rings (SSSR count). The summed E-state index contributed by atoms with van der Waals surface area (Å²) in [5.74, 6) is -0.448. The summed E-state index contributed by atoms with van der Waals surface area (Å²) < 4.78 is 7.18. The van der Waals surface area contributed by atoms with E-state index in [9.17, 15) is 24.8 Å². The molecule has 0 aliphatic carbocycles. The van der Waals surface area contributed by atoms with E-state index in [2.05, 4.69) is 10.6 Å².